The summed E-state index contributed by atoms with van der Waals surface area (Å²) in [5.74, 6) is 1.78. The van der Waals surface area contributed by atoms with Gasteiger partial charge in [-0.3, -0.25) is 4.98 Å². The molecule has 2 heteroatoms. The zero-order chi connectivity index (χ0) is 28.1. The molecule has 1 aromatic heterocycles. The van der Waals surface area contributed by atoms with Gasteiger partial charge in [0.1, 0.15) is 0 Å². The summed E-state index contributed by atoms with van der Waals surface area (Å²) in [7, 11) is 0. The Morgan fingerprint density at radius 1 is 0.595 bits per heavy atom. The minimum Gasteiger partial charge on any atom is -0.303 e. The Bertz CT molecular complexity index is 1720. The first-order valence-electron chi connectivity index (χ1n) is 15.8. The second kappa shape index (κ2) is 12.5. The molecule has 1 aliphatic heterocycles. The normalized spacial score (nSPS) is 17.6. The van der Waals surface area contributed by atoms with E-state index < -0.39 is 0 Å². The molecule has 0 spiro atoms. The van der Waals surface area contributed by atoms with Gasteiger partial charge in [0, 0.05) is 18.9 Å². The van der Waals surface area contributed by atoms with Crippen molar-refractivity contribution in [2.24, 2.45) is 11.8 Å². The van der Waals surface area contributed by atoms with Crippen molar-refractivity contribution < 1.29 is 0 Å². The average molecular weight is 549 g/mol. The molecule has 0 saturated carbocycles. The van der Waals surface area contributed by atoms with E-state index in [4.69, 9.17) is 0 Å². The van der Waals surface area contributed by atoms with Crippen molar-refractivity contribution in [3.63, 3.8) is 0 Å². The molecule has 2 nitrogen and oxygen atoms in total. The first kappa shape index (κ1) is 26.9. The maximum absolute atomic E-state index is 4.01. The minimum absolute atomic E-state index is 0.872. The van der Waals surface area contributed by atoms with Gasteiger partial charge < -0.3 is 4.90 Å². The van der Waals surface area contributed by atoms with Gasteiger partial charge in [0.15, 0.2) is 0 Å². The van der Waals surface area contributed by atoms with Gasteiger partial charge in [-0.1, -0.05) is 103 Å². The molecule has 1 unspecified atom stereocenters. The Hall–Kier alpha value is -4.01. The second-order valence-corrected chi connectivity index (χ2v) is 12.2. The molecule has 0 amide bonds. The summed E-state index contributed by atoms with van der Waals surface area (Å²) in [5, 5.41) is 8.13. The largest absolute Gasteiger partial charge is 0.303 e. The third-order valence-electron chi connectivity index (χ3n) is 9.79. The first-order valence-corrected chi connectivity index (χ1v) is 15.8. The Morgan fingerprint density at radius 2 is 1.33 bits per heavy atom. The highest BCUT2D eigenvalue weighted by Gasteiger charge is 2.30. The summed E-state index contributed by atoms with van der Waals surface area (Å²) in [6.07, 6.45) is 11.5. The molecular formula is C40H40N2. The van der Waals surface area contributed by atoms with Gasteiger partial charge >= 0.3 is 0 Å². The van der Waals surface area contributed by atoms with E-state index in [-0.39, 0.29) is 0 Å². The molecule has 2 aliphatic rings. The summed E-state index contributed by atoms with van der Waals surface area (Å²) >= 11 is 0. The molecule has 42 heavy (non-hydrogen) atoms. The lowest BCUT2D eigenvalue weighted by molar-refractivity contribution is 0.140. The molecule has 5 aromatic carbocycles. The summed E-state index contributed by atoms with van der Waals surface area (Å²) in [5.41, 5.74) is 4.72. The number of piperidine rings is 1. The average Bonchev–Trinajstić information content (AvgIpc) is 3.08. The molecule has 1 fully saturated rings. The lowest BCUT2D eigenvalue weighted by atomic mass is 9.72. The Morgan fingerprint density at radius 3 is 2.17 bits per heavy atom. The van der Waals surface area contributed by atoms with Crippen molar-refractivity contribution >= 4 is 32.3 Å². The van der Waals surface area contributed by atoms with Crippen LogP contribution in [0.25, 0.3) is 32.3 Å². The Labute approximate surface area is 250 Å². The molecule has 210 valence electrons. The van der Waals surface area contributed by atoms with Gasteiger partial charge in [0.2, 0.25) is 0 Å². The number of hydrogen-bond acceptors (Lipinski definition) is 2. The van der Waals surface area contributed by atoms with E-state index in [9.17, 15) is 0 Å². The topological polar surface area (TPSA) is 16.1 Å². The SMILES string of the molecule is c1ccc(CCN2CCC(C3CCc4c(ccc5c4ccc4ccccc45)C3)CC2)cc1.c1ccc2cnccc2c1. The van der Waals surface area contributed by atoms with Gasteiger partial charge in [-0.15, -0.1) is 0 Å². The van der Waals surface area contributed by atoms with Crippen LogP contribution in [0.3, 0.4) is 0 Å². The van der Waals surface area contributed by atoms with E-state index in [1.54, 1.807) is 11.1 Å². The predicted octanol–water partition coefficient (Wildman–Crippen LogP) is 9.29. The highest BCUT2D eigenvalue weighted by molar-refractivity contribution is 6.08. The van der Waals surface area contributed by atoms with E-state index in [1.807, 2.05) is 30.6 Å². The first-order chi connectivity index (χ1) is 20.8. The number of fused-ring (bicyclic) bond motifs is 6. The standard InChI is InChI=1S/C31H33N.C9H7N/c1-2-6-23(7-3-1)16-19-32-20-17-24(18-21-32)26-11-13-29-27(22-26)12-15-30-28-9-5-4-8-25(28)10-14-31(29)30;1-2-4-9-7-10-6-5-8(9)3-1/h1-10,12,14-15,24,26H,11,13,16-22H2;1-7H. The highest BCUT2D eigenvalue weighted by Crippen LogP contribution is 2.39. The Balaban J connectivity index is 0.000000243. The molecule has 0 radical (unpaired) electrons. The van der Waals surface area contributed by atoms with Crippen LogP contribution in [0.4, 0.5) is 0 Å². The molecule has 6 aromatic rings. The summed E-state index contributed by atoms with van der Waals surface area (Å²) in [4.78, 5) is 6.71. The lowest BCUT2D eigenvalue weighted by Gasteiger charge is -2.38. The highest BCUT2D eigenvalue weighted by atomic mass is 15.1. The van der Waals surface area contributed by atoms with Crippen LogP contribution in [0.15, 0.2) is 122 Å². The molecule has 1 aliphatic carbocycles. The fourth-order valence-corrected chi connectivity index (χ4v) is 7.41. The number of likely N-dealkylation sites (tertiary alicyclic amines) is 1. The second-order valence-electron chi connectivity index (χ2n) is 12.2. The number of rotatable bonds is 4. The fourth-order valence-electron chi connectivity index (χ4n) is 7.41. The molecule has 1 atom stereocenters. The monoisotopic (exact) mass is 548 g/mol. The molecule has 2 heterocycles. The van der Waals surface area contributed by atoms with Crippen molar-refractivity contribution in [3.8, 4) is 0 Å². The van der Waals surface area contributed by atoms with Crippen LogP contribution in [0, 0.1) is 11.8 Å². The van der Waals surface area contributed by atoms with Crippen molar-refractivity contribution in [2.45, 2.75) is 38.5 Å². The molecule has 1 saturated heterocycles. The van der Waals surface area contributed by atoms with Gasteiger partial charge in [-0.05, 0) is 119 Å². The van der Waals surface area contributed by atoms with Crippen LogP contribution in [-0.4, -0.2) is 29.5 Å². The third kappa shape index (κ3) is 5.82. The lowest BCUT2D eigenvalue weighted by Crippen LogP contribution is -2.38. The molecule has 0 N–H and O–H groups in total. The smallest absolute Gasteiger partial charge is 0.0346 e. The van der Waals surface area contributed by atoms with Gasteiger partial charge in [-0.2, -0.15) is 0 Å². The number of pyridine rings is 1. The van der Waals surface area contributed by atoms with Gasteiger partial charge in [0.05, 0.1) is 0 Å². The van der Waals surface area contributed by atoms with Crippen LogP contribution >= 0.6 is 0 Å². The maximum atomic E-state index is 4.01. The summed E-state index contributed by atoms with van der Waals surface area (Å²) < 4.78 is 0. The van der Waals surface area contributed by atoms with Crippen LogP contribution < -0.4 is 0 Å². The van der Waals surface area contributed by atoms with E-state index in [0.717, 1.165) is 11.8 Å². The zero-order valence-electron chi connectivity index (χ0n) is 24.5. The van der Waals surface area contributed by atoms with Crippen molar-refractivity contribution in [1.29, 1.82) is 0 Å². The van der Waals surface area contributed by atoms with Crippen LogP contribution in [0.5, 0.6) is 0 Å². The summed E-state index contributed by atoms with van der Waals surface area (Å²) in [6, 6.07) is 39.5. The quantitative estimate of drug-likeness (QED) is 0.204. The van der Waals surface area contributed by atoms with Gasteiger partial charge in [0.25, 0.3) is 0 Å². The fraction of sp³-hybridized carbons (Fsp3) is 0.275. The Kier molecular flexibility index (Phi) is 7.97. The number of benzene rings is 5. The zero-order valence-corrected chi connectivity index (χ0v) is 24.5. The van der Waals surface area contributed by atoms with Crippen LogP contribution in [-0.2, 0) is 19.3 Å². The number of nitrogens with zero attached hydrogens (tertiary/aromatic N) is 2. The minimum atomic E-state index is 0.872. The van der Waals surface area contributed by atoms with Crippen molar-refractivity contribution in [2.75, 3.05) is 19.6 Å². The van der Waals surface area contributed by atoms with Crippen LogP contribution in [0.1, 0.15) is 36.0 Å². The number of hydrogen-bond donors (Lipinski definition) is 0. The van der Waals surface area contributed by atoms with E-state index in [2.05, 4.69) is 101 Å². The van der Waals surface area contributed by atoms with E-state index in [0.29, 0.717) is 0 Å². The molecule has 0 bridgehead atoms. The van der Waals surface area contributed by atoms with Gasteiger partial charge in [-0.25, -0.2) is 0 Å². The predicted molar refractivity (Wildman–Crippen MR) is 178 cm³/mol. The van der Waals surface area contributed by atoms with Crippen molar-refractivity contribution in [1.82, 2.24) is 9.88 Å². The van der Waals surface area contributed by atoms with Crippen LogP contribution in [0.2, 0.25) is 0 Å². The summed E-state index contributed by atoms with van der Waals surface area (Å²) in [6.45, 7) is 3.78. The third-order valence-corrected chi connectivity index (χ3v) is 9.79. The molecule has 8 rings (SSSR count). The number of aryl methyl sites for hydroxylation is 1. The molecular weight excluding hydrogens is 508 g/mol. The maximum Gasteiger partial charge on any atom is 0.0346 e. The number of aromatic nitrogens is 1. The van der Waals surface area contributed by atoms with E-state index in [1.165, 1.54) is 96.0 Å². The van der Waals surface area contributed by atoms with Crippen molar-refractivity contribution in [3.05, 3.63) is 138 Å². The van der Waals surface area contributed by atoms with E-state index >= 15 is 0 Å².